The summed E-state index contributed by atoms with van der Waals surface area (Å²) in [4.78, 5) is 9.66. The van der Waals surface area contributed by atoms with Crippen molar-refractivity contribution in [3.63, 3.8) is 0 Å². The fourth-order valence-electron chi connectivity index (χ4n) is 3.98. The van der Waals surface area contributed by atoms with Crippen LogP contribution < -0.4 is 5.32 Å². The van der Waals surface area contributed by atoms with Crippen LogP contribution in [0.3, 0.4) is 0 Å². The van der Waals surface area contributed by atoms with Gasteiger partial charge in [-0.15, -0.1) is 0 Å². The second-order valence-corrected chi connectivity index (χ2v) is 6.24. The molecule has 2 atom stereocenters. The van der Waals surface area contributed by atoms with Crippen LogP contribution in [0.5, 0.6) is 0 Å². The molecule has 2 aliphatic heterocycles. The number of nitrogens with zero attached hydrogens (tertiary/aromatic N) is 2. The van der Waals surface area contributed by atoms with Gasteiger partial charge in [0, 0.05) is 23.6 Å². The maximum Gasteiger partial charge on any atom is 0.131 e. The van der Waals surface area contributed by atoms with Crippen LogP contribution >= 0.6 is 0 Å². The highest BCUT2D eigenvalue weighted by Gasteiger charge is 2.39. The van der Waals surface area contributed by atoms with Gasteiger partial charge in [-0.05, 0) is 44.7 Å². The van der Waals surface area contributed by atoms with Crippen molar-refractivity contribution in [1.82, 2.24) is 15.3 Å². The summed E-state index contributed by atoms with van der Waals surface area (Å²) in [5, 5.41) is 3.50. The zero-order valence-corrected chi connectivity index (χ0v) is 11.5. The Hall–Kier alpha value is -1.00. The highest BCUT2D eigenvalue weighted by molar-refractivity contribution is 5.27. The van der Waals surface area contributed by atoms with E-state index in [9.17, 15) is 0 Å². The Bertz CT molecular complexity index is 490. The van der Waals surface area contributed by atoms with Gasteiger partial charge in [0.2, 0.25) is 0 Å². The molecule has 3 heterocycles. The van der Waals surface area contributed by atoms with Gasteiger partial charge < -0.3 is 10.1 Å². The van der Waals surface area contributed by atoms with Crippen LogP contribution in [-0.4, -0.2) is 29.7 Å². The SMILES string of the molecule is Cc1nc(C2CC3CNCC3C2)nc2c1COCC2. The Morgan fingerprint density at radius 3 is 2.74 bits per heavy atom. The molecule has 2 unspecified atom stereocenters. The Labute approximate surface area is 114 Å². The molecule has 4 nitrogen and oxygen atoms in total. The maximum absolute atomic E-state index is 5.51. The summed E-state index contributed by atoms with van der Waals surface area (Å²) in [6, 6.07) is 0. The first-order valence-corrected chi connectivity index (χ1v) is 7.46. The predicted octanol–water partition coefficient (Wildman–Crippen LogP) is 1.57. The van der Waals surface area contributed by atoms with Crippen LogP contribution in [0, 0.1) is 18.8 Å². The maximum atomic E-state index is 5.51. The Balaban J connectivity index is 1.63. The van der Waals surface area contributed by atoms with Crippen LogP contribution in [0.1, 0.15) is 41.5 Å². The molecule has 102 valence electrons. The van der Waals surface area contributed by atoms with E-state index >= 15 is 0 Å². The van der Waals surface area contributed by atoms with Gasteiger partial charge in [0.05, 0.1) is 18.9 Å². The molecule has 0 aromatic carbocycles. The van der Waals surface area contributed by atoms with E-state index in [0.717, 1.165) is 36.4 Å². The highest BCUT2D eigenvalue weighted by Crippen LogP contribution is 2.43. The number of ether oxygens (including phenoxy) is 1. The molecule has 2 fully saturated rings. The van der Waals surface area contributed by atoms with Gasteiger partial charge in [0.15, 0.2) is 0 Å². The van der Waals surface area contributed by atoms with Gasteiger partial charge in [-0.3, -0.25) is 0 Å². The topological polar surface area (TPSA) is 47.0 Å². The molecule has 1 saturated carbocycles. The molecule has 0 amide bonds. The number of aryl methyl sites for hydroxylation is 1. The predicted molar refractivity (Wildman–Crippen MR) is 72.0 cm³/mol. The molecule has 1 aromatic heterocycles. The molecule has 0 radical (unpaired) electrons. The molecule has 3 aliphatic rings. The van der Waals surface area contributed by atoms with E-state index in [1.807, 2.05) is 0 Å². The molecule has 0 spiro atoms. The van der Waals surface area contributed by atoms with Crippen LogP contribution in [0.15, 0.2) is 0 Å². The summed E-state index contributed by atoms with van der Waals surface area (Å²) < 4.78 is 5.51. The molecule has 4 heteroatoms. The second kappa shape index (κ2) is 4.53. The van der Waals surface area contributed by atoms with E-state index in [2.05, 4.69) is 12.2 Å². The minimum absolute atomic E-state index is 0.587. The normalized spacial score (nSPS) is 33.2. The lowest BCUT2D eigenvalue weighted by molar-refractivity contribution is 0.108. The third-order valence-corrected chi connectivity index (χ3v) is 5.07. The van der Waals surface area contributed by atoms with Crippen LogP contribution in [-0.2, 0) is 17.8 Å². The van der Waals surface area contributed by atoms with E-state index < -0.39 is 0 Å². The van der Waals surface area contributed by atoms with Gasteiger partial charge >= 0.3 is 0 Å². The molecule has 1 N–H and O–H groups in total. The van der Waals surface area contributed by atoms with Crippen LogP contribution in [0.2, 0.25) is 0 Å². The van der Waals surface area contributed by atoms with Crippen molar-refractivity contribution in [3.8, 4) is 0 Å². The summed E-state index contributed by atoms with van der Waals surface area (Å²) in [6.07, 6.45) is 3.49. The Kier molecular flexibility index (Phi) is 2.81. The van der Waals surface area contributed by atoms with Gasteiger partial charge in [-0.1, -0.05) is 0 Å². The number of hydrogen-bond donors (Lipinski definition) is 1. The van der Waals surface area contributed by atoms with Crippen molar-refractivity contribution in [2.75, 3.05) is 19.7 Å². The lowest BCUT2D eigenvalue weighted by Crippen LogP contribution is -2.18. The smallest absolute Gasteiger partial charge is 0.131 e. The van der Waals surface area contributed by atoms with Gasteiger partial charge in [-0.2, -0.15) is 0 Å². The molecule has 4 rings (SSSR count). The first-order chi connectivity index (χ1) is 9.31. The first-order valence-electron chi connectivity index (χ1n) is 7.46. The molecular weight excluding hydrogens is 238 g/mol. The number of rotatable bonds is 1. The molecule has 1 aliphatic carbocycles. The van der Waals surface area contributed by atoms with Crippen LogP contribution in [0.4, 0.5) is 0 Å². The fourth-order valence-corrected chi connectivity index (χ4v) is 3.98. The fraction of sp³-hybridized carbons (Fsp3) is 0.733. The largest absolute Gasteiger partial charge is 0.376 e. The summed E-state index contributed by atoms with van der Waals surface area (Å²) in [5.41, 5.74) is 3.61. The molecule has 19 heavy (non-hydrogen) atoms. The van der Waals surface area contributed by atoms with Crippen LogP contribution in [0.25, 0.3) is 0 Å². The number of hydrogen-bond acceptors (Lipinski definition) is 4. The molecule has 0 bridgehead atoms. The summed E-state index contributed by atoms with van der Waals surface area (Å²) >= 11 is 0. The van der Waals surface area contributed by atoms with Gasteiger partial charge in [-0.25, -0.2) is 9.97 Å². The lowest BCUT2D eigenvalue weighted by atomic mass is 10.0. The Morgan fingerprint density at radius 1 is 1.16 bits per heavy atom. The minimum atomic E-state index is 0.587. The average Bonchev–Trinajstić information content (AvgIpc) is 2.99. The summed E-state index contributed by atoms with van der Waals surface area (Å²) in [6.45, 7) is 6.00. The van der Waals surface area contributed by atoms with Gasteiger partial charge in [0.25, 0.3) is 0 Å². The highest BCUT2D eigenvalue weighted by atomic mass is 16.5. The zero-order valence-electron chi connectivity index (χ0n) is 11.5. The number of fused-ring (bicyclic) bond motifs is 2. The van der Waals surface area contributed by atoms with Crippen molar-refractivity contribution < 1.29 is 4.74 Å². The van der Waals surface area contributed by atoms with E-state index in [4.69, 9.17) is 14.7 Å². The standard InChI is InChI=1S/C15H21N3O/c1-9-13-8-19-3-2-14(13)18-15(17-9)10-4-11-6-16-7-12(11)5-10/h10-12,16H,2-8H2,1H3. The molecule has 1 saturated heterocycles. The lowest BCUT2D eigenvalue weighted by Gasteiger charge is -2.20. The first kappa shape index (κ1) is 11.8. The monoisotopic (exact) mass is 259 g/mol. The molecular formula is C15H21N3O. The zero-order chi connectivity index (χ0) is 12.8. The van der Waals surface area contributed by atoms with Crippen molar-refractivity contribution in [2.45, 2.75) is 38.7 Å². The number of aromatic nitrogens is 2. The van der Waals surface area contributed by atoms with E-state index in [-0.39, 0.29) is 0 Å². The van der Waals surface area contributed by atoms with Crippen molar-refractivity contribution in [3.05, 3.63) is 22.8 Å². The van der Waals surface area contributed by atoms with Crippen molar-refractivity contribution in [2.24, 2.45) is 11.8 Å². The van der Waals surface area contributed by atoms with E-state index in [1.165, 1.54) is 37.2 Å². The summed E-state index contributed by atoms with van der Waals surface area (Å²) in [5.74, 6) is 3.40. The minimum Gasteiger partial charge on any atom is -0.376 e. The quantitative estimate of drug-likeness (QED) is 0.831. The summed E-state index contributed by atoms with van der Waals surface area (Å²) in [7, 11) is 0. The van der Waals surface area contributed by atoms with Crippen molar-refractivity contribution >= 4 is 0 Å². The van der Waals surface area contributed by atoms with Gasteiger partial charge in [0.1, 0.15) is 5.82 Å². The van der Waals surface area contributed by atoms with E-state index in [0.29, 0.717) is 12.5 Å². The number of nitrogens with one attached hydrogen (secondary N) is 1. The third-order valence-electron chi connectivity index (χ3n) is 5.07. The second-order valence-electron chi connectivity index (χ2n) is 6.24. The molecule has 1 aromatic rings. The third kappa shape index (κ3) is 1.98. The van der Waals surface area contributed by atoms with E-state index in [1.54, 1.807) is 0 Å². The average molecular weight is 259 g/mol. The Morgan fingerprint density at radius 2 is 1.95 bits per heavy atom. The van der Waals surface area contributed by atoms with Crippen molar-refractivity contribution in [1.29, 1.82) is 0 Å².